The summed E-state index contributed by atoms with van der Waals surface area (Å²) in [6.45, 7) is 8.28. The van der Waals surface area contributed by atoms with E-state index >= 15 is 0 Å². The van der Waals surface area contributed by atoms with Crippen LogP contribution in [-0.2, 0) is 0 Å². The van der Waals surface area contributed by atoms with Crippen molar-refractivity contribution < 1.29 is 9.84 Å². The fraction of sp³-hybridized carbons (Fsp3) is 0.200. The Morgan fingerprint density at radius 1 is 0.794 bits per heavy atom. The van der Waals surface area contributed by atoms with E-state index in [1.54, 1.807) is 6.07 Å². The molecular weight excluding hydrogens is 420 g/mol. The van der Waals surface area contributed by atoms with Crippen LogP contribution in [0.1, 0.15) is 42.0 Å². The smallest absolute Gasteiger partial charge is 0.133 e. The number of ether oxygens (including phenoxy) is 1. The minimum Gasteiger partial charge on any atom is -0.508 e. The van der Waals surface area contributed by atoms with E-state index in [0.29, 0.717) is 0 Å². The van der Waals surface area contributed by atoms with Crippen molar-refractivity contribution in [1.29, 1.82) is 0 Å². The average molecular weight is 451 g/mol. The van der Waals surface area contributed by atoms with Gasteiger partial charge in [-0.2, -0.15) is 0 Å². The van der Waals surface area contributed by atoms with Crippen molar-refractivity contribution in [3.63, 3.8) is 0 Å². The molecule has 1 heterocycles. The Morgan fingerprint density at radius 2 is 1.50 bits per heavy atom. The molecule has 0 fully saturated rings. The van der Waals surface area contributed by atoms with Crippen molar-refractivity contribution >= 4 is 17.1 Å². The zero-order valence-electron chi connectivity index (χ0n) is 19.9. The van der Waals surface area contributed by atoms with Gasteiger partial charge < -0.3 is 20.1 Å². The summed E-state index contributed by atoms with van der Waals surface area (Å²) < 4.78 is 6.50. The van der Waals surface area contributed by atoms with Crippen LogP contribution >= 0.6 is 0 Å². The zero-order valence-corrected chi connectivity index (χ0v) is 19.9. The van der Waals surface area contributed by atoms with Crippen LogP contribution < -0.4 is 15.0 Å². The number of anilines is 3. The number of aromatic hydroxyl groups is 1. The Labute approximate surface area is 201 Å². The molecule has 5 rings (SSSR count). The van der Waals surface area contributed by atoms with E-state index in [1.165, 1.54) is 0 Å². The molecule has 1 aliphatic heterocycles. The van der Waals surface area contributed by atoms with E-state index in [4.69, 9.17) is 4.74 Å². The van der Waals surface area contributed by atoms with Gasteiger partial charge in [0.1, 0.15) is 17.2 Å². The molecule has 0 aromatic heterocycles. The van der Waals surface area contributed by atoms with Crippen molar-refractivity contribution in [3.8, 4) is 17.2 Å². The maximum Gasteiger partial charge on any atom is 0.133 e. The SMILES string of the molecule is CCN(CC)c1ccc2c(c1)Oc1cc(C)c(Nc3ccccc3)cc1C2c1ccccc1O. The molecule has 0 aliphatic carbocycles. The summed E-state index contributed by atoms with van der Waals surface area (Å²) in [6, 6.07) is 28.5. The standard InChI is InChI=1S/C30H30N2O2/c1-4-32(5-2)22-15-16-24-29(18-22)34-28-17-20(3)26(31-21-11-7-6-8-12-21)19-25(28)30(24)23-13-9-10-14-27(23)33/h6-19,30-31,33H,4-5H2,1-3H3. The van der Waals surface area contributed by atoms with Crippen LogP contribution in [0.3, 0.4) is 0 Å². The molecule has 172 valence electrons. The van der Waals surface area contributed by atoms with Crippen molar-refractivity contribution in [1.82, 2.24) is 0 Å². The molecule has 4 nitrogen and oxygen atoms in total. The second-order valence-electron chi connectivity index (χ2n) is 8.68. The molecule has 2 N–H and O–H groups in total. The van der Waals surface area contributed by atoms with Crippen LogP contribution in [-0.4, -0.2) is 18.2 Å². The van der Waals surface area contributed by atoms with Gasteiger partial charge in [0.2, 0.25) is 0 Å². The average Bonchev–Trinajstić information content (AvgIpc) is 2.85. The lowest BCUT2D eigenvalue weighted by Crippen LogP contribution is -2.22. The van der Waals surface area contributed by atoms with Gasteiger partial charge in [0.25, 0.3) is 0 Å². The van der Waals surface area contributed by atoms with Gasteiger partial charge in [0.15, 0.2) is 0 Å². The number of fused-ring (bicyclic) bond motifs is 2. The van der Waals surface area contributed by atoms with E-state index in [-0.39, 0.29) is 11.7 Å². The Bertz CT molecular complexity index is 1310. The van der Waals surface area contributed by atoms with E-state index in [1.807, 2.05) is 36.4 Å². The van der Waals surface area contributed by atoms with Crippen LogP contribution in [0.5, 0.6) is 17.2 Å². The molecule has 0 bridgehead atoms. The summed E-state index contributed by atoms with van der Waals surface area (Å²) in [6.07, 6.45) is 0. The third-order valence-corrected chi connectivity index (χ3v) is 6.63. The number of para-hydroxylation sites is 2. The summed E-state index contributed by atoms with van der Waals surface area (Å²) in [4.78, 5) is 2.31. The van der Waals surface area contributed by atoms with Gasteiger partial charge in [-0.1, -0.05) is 42.5 Å². The molecule has 4 aromatic rings. The van der Waals surface area contributed by atoms with Crippen molar-refractivity contribution in [3.05, 3.63) is 107 Å². The molecule has 1 unspecified atom stereocenters. The summed E-state index contributed by atoms with van der Waals surface area (Å²) in [5, 5.41) is 14.4. The third-order valence-electron chi connectivity index (χ3n) is 6.63. The molecule has 4 aromatic carbocycles. The highest BCUT2D eigenvalue weighted by Gasteiger charge is 2.31. The lowest BCUT2D eigenvalue weighted by Gasteiger charge is -2.31. The van der Waals surface area contributed by atoms with Gasteiger partial charge in [-0.15, -0.1) is 0 Å². The van der Waals surface area contributed by atoms with E-state index in [0.717, 1.165) is 63.9 Å². The fourth-order valence-electron chi connectivity index (χ4n) is 4.81. The van der Waals surface area contributed by atoms with Crippen molar-refractivity contribution in [2.45, 2.75) is 26.7 Å². The number of phenolic OH excluding ortho intramolecular Hbond substituents is 1. The Kier molecular flexibility index (Phi) is 5.89. The lowest BCUT2D eigenvalue weighted by atomic mass is 9.81. The maximum absolute atomic E-state index is 10.8. The van der Waals surface area contributed by atoms with E-state index < -0.39 is 0 Å². The molecule has 0 saturated carbocycles. The Hall–Kier alpha value is -3.92. The number of nitrogens with one attached hydrogen (secondary N) is 1. The highest BCUT2D eigenvalue weighted by Crippen LogP contribution is 2.51. The van der Waals surface area contributed by atoms with Crippen LogP contribution in [0.15, 0.2) is 84.9 Å². The molecule has 4 heteroatoms. The third kappa shape index (κ3) is 3.96. The van der Waals surface area contributed by atoms with Gasteiger partial charge in [-0.25, -0.2) is 0 Å². The number of phenols is 1. The number of benzene rings is 4. The summed E-state index contributed by atoms with van der Waals surface area (Å²) in [7, 11) is 0. The lowest BCUT2D eigenvalue weighted by molar-refractivity contribution is 0.443. The van der Waals surface area contributed by atoms with Crippen LogP contribution in [0.4, 0.5) is 17.1 Å². The molecule has 0 spiro atoms. The van der Waals surface area contributed by atoms with Gasteiger partial charge >= 0.3 is 0 Å². The molecular formula is C30H30N2O2. The Morgan fingerprint density at radius 3 is 2.24 bits per heavy atom. The van der Waals surface area contributed by atoms with E-state index in [2.05, 4.69) is 73.5 Å². The van der Waals surface area contributed by atoms with Crippen LogP contribution in [0, 0.1) is 6.92 Å². The normalized spacial score (nSPS) is 14.0. The first kappa shape index (κ1) is 21.9. The minimum atomic E-state index is -0.136. The first-order chi connectivity index (χ1) is 16.6. The monoisotopic (exact) mass is 450 g/mol. The second-order valence-corrected chi connectivity index (χ2v) is 8.68. The predicted octanol–water partition coefficient (Wildman–Crippen LogP) is 7.58. The number of nitrogens with zero attached hydrogens (tertiary/aromatic N) is 1. The summed E-state index contributed by atoms with van der Waals surface area (Å²) in [5.41, 5.74) is 7.26. The molecule has 34 heavy (non-hydrogen) atoms. The van der Waals surface area contributed by atoms with Crippen LogP contribution in [0.2, 0.25) is 0 Å². The molecule has 0 amide bonds. The van der Waals surface area contributed by atoms with Gasteiger partial charge in [-0.3, -0.25) is 0 Å². The summed E-state index contributed by atoms with van der Waals surface area (Å²) >= 11 is 0. The van der Waals surface area contributed by atoms with Gasteiger partial charge in [0, 0.05) is 58.8 Å². The van der Waals surface area contributed by atoms with Gasteiger partial charge in [-0.05, 0) is 62.7 Å². The van der Waals surface area contributed by atoms with Crippen LogP contribution in [0.25, 0.3) is 0 Å². The number of hydrogen-bond acceptors (Lipinski definition) is 4. The second kappa shape index (κ2) is 9.14. The molecule has 0 radical (unpaired) electrons. The maximum atomic E-state index is 10.8. The van der Waals surface area contributed by atoms with Crippen molar-refractivity contribution in [2.75, 3.05) is 23.3 Å². The number of hydrogen-bond donors (Lipinski definition) is 2. The summed E-state index contributed by atoms with van der Waals surface area (Å²) in [5.74, 6) is 1.82. The van der Waals surface area contributed by atoms with Crippen molar-refractivity contribution in [2.24, 2.45) is 0 Å². The number of aryl methyl sites for hydroxylation is 1. The molecule has 1 aliphatic rings. The first-order valence-corrected chi connectivity index (χ1v) is 11.9. The first-order valence-electron chi connectivity index (χ1n) is 11.9. The largest absolute Gasteiger partial charge is 0.508 e. The predicted molar refractivity (Wildman–Crippen MR) is 140 cm³/mol. The fourth-order valence-corrected chi connectivity index (χ4v) is 4.81. The van der Waals surface area contributed by atoms with E-state index in [9.17, 15) is 5.11 Å². The zero-order chi connectivity index (χ0) is 23.7. The quantitative estimate of drug-likeness (QED) is 0.280. The topological polar surface area (TPSA) is 44.7 Å². The molecule has 1 atom stereocenters. The number of rotatable bonds is 6. The van der Waals surface area contributed by atoms with Gasteiger partial charge in [0.05, 0.1) is 0 Å². The Balaban J connectivity index is 1.66. The molecule has 0 saturated heterocycles. The highest BCUT2D eigenvalue weighted by atomic mass is 16.5. The minimum absolute atomic E-state index is 0.136. The highest BCUT2D eigenvalue weighted by molar-refractivity contribution is 5.71.